The van der Waals surface area contributed by atoms with Gasteiger partial charge in [-0.05, 0) is 36.0 Å². The zero-order valence-corrected chi connectivity index (χ0v) is 9.08. The molecule has 1 fully saturated rings. The molecule has 68 valence electrons. The second-order valence-electron chi connectivity index (χ2n) is 4.57. The molecular weight excluding hydrogens is 164 g/mol. The van der Waals surface area contributed by atoms with E-state index in [9.17, 15) is 0 Å². The molecule has 1 heteroatoms. The quantitative estimate of drug-likeness (QED) is 0.548. The van der Waals surface area contributed by atoms with Crippen LogP contribution in [0.25, 0.3) is 0 Å². The average Bonchev–Trinajstić information content (AvgIpc) is 2.33. The summed E-state index contributed by atoms with van der Waals surface area (Å²) in [6.45, 7) is 7.13. The van der Waals surface area contributed by atoms with Crippen molar-refractivity contribution < 1.29 is 0 Å². The molecular formula is C11H18S. The van der Waals surface area contributed by atoms with Crippen molar-refractivity contribution in [2.75, 3.05) is 0 Å². The summed E-state index contributed by atoms with van der Waals surface area (Å²) in [4.78, 5) is 1.55. The van der Waals surface area contributed by atoms with Crippen molar-refractivity contribution in [1.82, 2.24) is 0 Å². The summed E-state index contributed by atoms with van der Waals surface area (Å²) >= 11 is 2.12. The van der Waals surface area contributed by atoms with Gasteiger partial charge in [0.15, 0.2) is 0 Å². The second-order valence-corrected chi connectivity index (χ2v) is 6.02. The highest BCUT2D eigenvalue weighted by atomic mass is 32.2. The van der Waals surface area contributed by atoms with Crippen LogP contribution in [0.2, 0.25) is 0 Å². The van der Waals surface area contributed by atoms with E-state index >= 15 is 0 Å². The van der Waals surface area contributed by atoms with Crippen molar-refractivity contribution in [3.05, 3.63) is 11.0 Å². The molecule has 0 aromatic heterocycles. The predicted molar refractivity (Wildman–Crippen MR) is 56.3 cm³/mol. The Hall–Kier alpha value is 0.0900. The molecule has 2 aliphatic rings. The van der Waals surface area contributed by atoms with E-state index in [1.165, 1.54) is 19.3 Å². The molecule has 0 N–H and O–H groups in total. The van der Waals surface area contributed by atoms with Gasteiger partial charge in [0.1, 0.15) is 0 Å². The third-order valence-electron chi connectivity index (χ3n) is 3.77. The Bertz CT molecular complexity index is 219. The van der Waals surface area contributed by atoms with Crippen LogP contribution in [0.5, 0.6) is 0 Å². The number of hydrogen-bond acceptors (Lipinski definition) is 1. The molecule has 0 aromatic carbocycles. The van der Waals surface area contributed by atoms with E-state index in [4.69, 9.17) is 0 Å². The average molecular weight is 182 g/mol. The molecule has 3 atom stereocenters. The Morgan fingerprint density at radius 2 is 2.33 bits per heavy atom. The summed E-state index contributed by atoms with van der Waals surface area (Å²) in [6, 6.07) is 0. The van der Waals surface area contributed by atoms with Crippen molar-refractivity contribution in [1.29, 1.82) is 0 Å². The lowest BCUT2D eigenvalue weighted by molar-refractivity contribution is 0.258. The van der Waals surface area contributed by atoms with Gasteiger partial charge in [0.05, 0.1) is 0 Å². The molecule has 0 saturated heterocycles. The third kappa shape index (κ3) is 1.14. The SMILES string of the molecule is CC1=C[C@@H](C)[C@]2(C)CCC[C@@H]2S1. The van der Waals surface area contributed by atoms with Crippen molar-refractivity contribution in [2.45, 2.75) is 45.3 Å². The summed E-state index contributed by atoms with van der Waals surface area (Å²) in [7, 11) is 0. The van der Waals surface area contributed by atoms with Crippen LogP contribution in [-0.4, -0.2) is 5.25 Å². The lowest BCUT2D eigenvalue weighted by Crippen LogP contribution is -2.33. The Labute approximate surface area is 79.8 Å². The van der Waals surface area contributed by atoms with Gasteiger partial charge < -0.3 is 0 Å². The Morgan fingerprint density at radius 1 is 1.58 bits per heavy atom. The molecule has 12 heavy (non-hydrogen) atoms. The first kappa shape index (κ1) is 8.68. The minimum Gasteiger partial charge on any atom is -0.127 e. The maximum absolute atomic E-state index is 2.48. The van der Waals surface area contributed by atoms with Crippen molar-refractivity contribution in [2.24, 2.45) is 11.3 Å². The molecule has 1 aliphatic carbocycles. The van der Waals surface area contributed by atoms with Crippen LogP contribution in [0.4, 0.5) is 0 Å². The first-order chi connectivity index (χ1) is 5.63. The monoisotopic (exact) mass is 182 g/mol. The Morgan fingerprint density at radius 3 is 3.08 bits per heavy atom. The molecule has 2 rings (SSSR count). The highest BCUT2D eigenvalue weighted by molar-refractivity contribution is 8.03. The number of hydrogen-bond donors (Lipinski definition) is 0. The number of fused-ring (bicyclic) bond motifs is 1. The highest BCUT2D eigenvalue weighted by Crippen LogP contribution is 2.55. The fourth-order valence-corrected chi connectivity index (χ4v) is 4.30. The summed E-state index contributed by atoms with van der Waals surface area (Å²) in [5, 5.41) is 0.914. The zero-order valence-electron chi connectivity index (χ0n) is 8.26. The van der Waals surface area contributed by atoms with Crippen molar-refractivity contribution >= 4 is 11.8 Å². The molecule has 0 amide bonds. The molecule has 1 heterocycles. The summed E-state index contributed by atoms with van der Waals surface area (Å²) in [5.74, 6) is 0.797. The van der Waals surface area contributed by atoms with Gasteiger partial charge >= 0.3 is 0 Å². The molecule has 0 radical (unpaired) electrons. The van der Waals surface area contributed by atoms with Crippen LogP contribution in [0.15, 0.2) is 11.0 Å². The molecule has 0 bridgehead atoms. The topological polar surface area (TPSA) is 0 Å². The minimum atomic E-state index is 0.615. The molecule has 0 unspecified atom stereocenters. The van der Waals surface area contributed by atoms with E-state index in [0.29, 0.717) is 5.41 Å². The molecule has 1 saturated carbocycles. The zero-order chi connectivity index (χ0) is 8.77. The van der Waals surface area contributed by atoms with Gasteiger partial charge in [-0.3, -0.25) is 0 Å². The summed E-state index contributed by atoms with van der Waals surface area (Å²) in [6.07, 6.45) is 6.79. The minimum absolute atomic E-state index is 0.615. The van der Waals surface area contributed by atoms with Gasteiger partial charge in [0.25, 0.3) is 0 Å². The molecule has 1 aliphatic heterocycles. The third-order valence-corrected chi connectivity index (χ3v) is 5.34. The van der Waals surface area contributed by atoms with Gasteiger partial charge in [-0.25, -0.2) is 0 Å². The van der Waals surface area contributed by atoms with Gasteiger partial charge in [-0.1, -0.05) is 26.3 Å². The number of rotatable bonds is 0. The summed E-state index contributed by atoms with van der Waals surface area (Å²) in [5.41, 5.74) is 0.615. The van der Waals surface area contributed by atoms with E-state index in [1.54, 1.807) is 4.91 Å². The summed E-state index contributed by atoms with van der Waals surface area (Å²) < 4.78 is 0. The van der Waals surface area contributed by atoms with Crippen LogP contribution in [0, 0.1) is 11.3 Å². The van der Waals surface area contributed by atoms with Crippen LogP contribution in [-0.2, 0) is 0 Å². The Kier molecular flexibility index (Phi) is 2.02. The molecule has 0 spiro atoms. The maximum atomic E-state index is 2.48. The largest absolute Gasteiger partial charge is 0.127 e. The van der Waals surface area contributed by atoms with E-state index in [-0.39, 0.29) is 0 Å². The standard InChI is InChI=1S/C11H18S/c1-8-7-9(2)12-10-5-4-6-11(8,10)3/h7-8,10H,4-6H2,1-3H3/t8-,10+,11+/m1/s1. The van der Waals surface area contributed by atoms with Gasteiger partial charge in [0, 0.05) is 5.25 Å². The first-order valence-corrected chi connectivity index (χ1v) is 5.86. The lowest BCUT2D eigenvalue weighted by atomic mass is 9.76. The van der Waals surface area contributed by atoms with E-state index < -0.39 is 0 Å². The second kappa shape index (κ2) is 2.80. The van der Waals surface area contributed by atoms with Crippen molar-refractivity contribution in [3.8, 4) is 0 Å². The first-order valence-electron chi connectivity index (χ1n) is 4.98. The van der Waals surface area contributed by atoms with Crippen LogP contribution < -0.4 is 0 Å². The van der Waals surface area contributed by atoms with Crippen LogP contribution in [0.3, 0.4) is 0 Å². The van der Waals surface area contributed by atoms with Crippen LogP contribution in [0.1, 0.15) is 40.0 Å². The fourth-order valence-electron chi connectivity index (χ4n) is 2.68. The normalized spacial score (nSPS) is 47.1. The van der Waals surface area contributed by atoms with Crippen molar-refractivity contribution in [3.63, 3.8) is 0 Å². The lowest BCUT2D eigenvalue weighted by Gasteiger charge is -2.39. The molecule has 0 aromatic rings. The maximum Gasteiger partial charge on any atom is 0.0150 e. The van der Waals surface area contributed by atoms with Crippen LogP contribution >= 0.6 is 11.8 Å². The smallest absolute Gasteiger partial charge is 0.0150 e. The molecule has 0 nitrogen and oxygen atoms in total. The Balaban J connectivity index is 2.29. The van der Waals surface area contributed by atoms with Gasteiger partial charge in [0.2, 0.25) is 0 Å². The highest BCUT2D eigenvalue weighted by Gasteiger charge is 2.44. The fraction of sp³-hybridized carbons (Fsp3) is 0.818. The predicted octanol–water partition coefficient (Wildman–Crippen LogP) is 3.83. The van der Waals surface area contributed by atoms with Gasteiger partial charge in [-0.2, -0.15) is 0 Å². The number of thioether (sulfide) groups is 1. The van der Waals surface area contributed by atoms with Gasteiger partial charge in [-0.15, -0.1) is 11.8 Å². The van der Waals surface area contributed by atoms with E-state index in [2.05, 4.69) is 38.6 Å². The number of allylic oxidation sites excluding steroid dienone is 2. The van der Waals surface area contributed by atoms with E-state index in [0.717, 1.165) is 11.2 Å². The van der Waals surface area contributed by atoms with E-state index in [1.807, 2.05) is 0 Å².